The largest absolute Gasteiger partial charge is 0.419 e. The van der Waals surface area contributed by atoms with Crippen molar-refractivity contribution in [3.05, 3.63) is 63.0 Å². The van der Waals surface area contributed by atoms with E-state index >= 15 is 0 Å². The normalized spacial score (nSPS) is 11.1. The zero-order valence-corrected chi connectivity index (χ0v) is 20.1. The first-order chi connectivity index (χ1) is 16.1. The highest BCUT2D eigenvalue weighted by Crippen LogP contribution is 2.31. The molecule has 0 bridgehead atoms. The van der Waals surface area contributed by atoms with Crippen LogP contribution >= 0.6 is 22.9 Å². The van der Waals surface area contributed by atoms with Crippen molar-refractivity contribution in [2.24, 2.45) is 0 Å². The first-order valence-electron chi connectivity index (χ1n) is 9.82. The van der Waals surface area contributed by atoms with E-state index in [9.17, 15) is 28.1 Å². The predicted molar refractivity (Wildman–Crippen MR) is 127 cm³/mol. The zero-order chi connectivity index (χ0) is 24.9. The molecule has 0 unspecified atom stereocenters. The van der Waals surface area contributed by atoms with Gasteiger partial charge >= 0.3 is 11.7 Å². The van der Waals surface area contributed by atoms with Crippen molar-refractivity contribution in [2.75, 3.05) is 11.1 Å². The Bertz CT molecular complexity index is 1340. The molecular weight excluding hydrogens is 506 g/mol. The minimum atomic E-state index is -4.24. The van der Waals surface area contributed by atoms with Crippen molar-refractivity contribution in [3.8, 4) is 17.0 Å². The number of nitrogens with one attached hydrogen (secondary N) is 1. The SMILES string of the molecule is CCCC(=O)Oc1ccc(S(=O)(=O)CC(=O)Nc2nc(-c3ccc(Cl)cc3)cs2)cc1[N+](=O)[O-]. The number of nitro benzene ring substituents is 1. The van der Waals surface area contributed by atoms with Gasteiger partial charge in [0.15, 0.2) is 15.0 Å². The van der Waals surface area contributed by atoms with Gasteiger partial charge in [-0.05, 0) is 30.7 Å². The van der Waals surface area contributed by atoms with Crippen molar-refractivity contribution in [3.63, 3.8) is 0 Å². The molecule has 0 saturated carbocycles. The number of aromatic nitrogens is 1. The molecule has 0 fully saturated rings. The summed E-state index contributed by atoms with van der Waals surface area (Å²) in [5.74, 6) is -2.88. The molecule has 34 heavy (non-hydrogen) atoms. The van der Waals surface area contributed by atoms with Gasteiger partial charge in [0.1, 0.15) is 5.75 Å². The third kappa shape index (κ3) is 6.37. The summed E-state index contributed by atoms with van der Waals surface area (Å²) < 4.78 is 30.3. The maximum absolute atomic E-state index is 12.7. The number of hydrogen-bond acceptors (Lipinski definition) is 9. The second-order valence-electron chi connectivity index (χ2n) is 6.96. The van der Waals surface area contributed by atoms with Gasteiger partial charge in [-0.25, -0.2) is 13.4 Å². The number of benzene rings is 2. The van der Waals surface area contributed by atoms with Crippen LogP contribution in [-0.4, -0.2) is 36.0 Å². The predicted octanol–water partition coefficient (Wildman–Crippen LogP) is 4.49. The van der Waals surface area contributed by atoms with Crippen molar-refractivity contribution < 1.29 is 27.7 Å². The second kappa shape index (κ2) is 10.7. The summed E-state index contributed by atoms with van der Waals surface area (Å²) in [6.45, 7) is 1.74. The first-order valence-corrected chi connectivity index (χ1v) is 12.7. The van der Waals surface area contributed by atoms with Crippen LogP contribution < -0.4 is 10.1 Å². The Hall–Kier alpha value is -3.35. The highest BCUT2D eigenvalue weighted by molar-refractivity contribution is 7.92. The molecule has 0 aliphatic heterocycles. The Morgan fingerprint density at radius 1 is 1.21 bits per heavy atom. The average Bonchev–Trinajstić information content (AvgIpc) is 3.22. The van der Waals surface area contributed by atoms with Gasteiger partial charge in [0.2, 0.25) is 11.7 Å². The summed E-state index contributed by atoms with van der Waals surface area (Å²) in [6.07, 6.45) is 0.530. The Labute approximate surface area is 203 Å². The molecule has 10 nitrogen and oxygen atoms in total. The zero-order valence-electron chi connectivity index (χ0n) is 17.7. The van der Waals surface area contributed by atoms with Crippen LogP contribution in [0.2, 0.25) is 5.02 Å². The molecule has 178 valence electrons. The smallest absolute Gasteiger partial charge is 0.312 e. The summed E-state index contributed by atoms with van der Waals surface area (Å²) in [7, 11) is -4.24. The van der Waals surface area contributed by atoms with Crippen LogP contribution in [0.3, 0.4) is 0 Å². The van der Waals surface area contributed by atoms with Gasteiger partial charge in [0.25, 0.3) is 0 Å². The summed E-state index contributed by atoms with van der Waals surface area (Å²) in [5.41, 5.74) is 0.642. The molecule has 0 atom stereocenters. The lowest BCUT2D eigenvalue weighted by molar-refractivity contribution is -0.385. The molecule has 1 amide bonds. The van der Waals surface area contributed by atoms with E-state index < -0.39 is 43.0 Å². The highest BCUT2D eigenvalue weighted by atomic mass is 35.5. The Morgan fingerprint density at radius 3 is 2.56 bits per heavy atom. The van der Waals surface area contributed by atoms with Crippen LogP contribution in [0, 0.1) is 10.1 Å². The van der Waals surface area contributed by atoms with E-state index in [1.807, 2.05) is 0 Å². The van der Waals surface area contributed by atoms with Gasteiger partial charge in [0, 0.05) is 28.5 Å². The lowest BCUT2D eigenvalue weighted by atomic mass is 10.2. The van der Waals surface area contributed by atoms with E-state index in [1.54, 1.807) is 36.6 Å². The molecule has 2 aromatic carbocycles. The lowest BCUT2D eigenvalue weighted by Gasteiger charge is -2.08. The summed E-state index contributed by atoms with van der Waals surface area (Å²) in [5, 5.41) is 16.2. The number of hydrogen-bond donors (Lipinski definition) is 1. The number of carbonyl (C=O) groups is 2. The maximum atomic E-state index is 12.7. The Kier molecular flexibility index (Phi) is 7.97. The Morgan fingerprint density at radius 2 is 1.91 bits per heavy atom. The number of anilines is 1. The Balaban J connectivity index is 1.73. The molecule has 0 spiro atoms. The van der Waals surface area contributed by atoms with E-state index in [4.69, 9.17) is 16.3 Å². The van der Waals surface area contributed by atoms with E-state index in [0.29, 0.717) is 17.1 Å². The van der Waals surface area contributed by atoms with Crippen LogP contribution in [0.1, 0.15) is 19.8 Å². The number of esters is 1. The number of amides is 1. The van der Waals surface area contributed by atoms with E-state index in [-0.39, 0.29) is 17.3 Å². The van der Waals surface area contributed by atoms with E-state index in [2.05, 4.69) is 10.3 Å². The number of halogens is 1. The molecule has 0 aliphatic rings. The number of thiazole rings is 1. The van der Waals surface area contributed by atoms with Crippen molar-refractivity contribution in [2.45, 2.75) is 24.7 Å². The lowest BCUT2D eigenvalue weighted by Crippen LogP contribution is -2.23. The van der Waals surface area contributed by atoms with Crippen LogP contribution in [-0.2, 0) is 19.4 Å². The third-order valence-corrected chi connectivity index (χ3v) is 7.00. The van der Waals surface area contributed by atoms with Gasteiger partial charge in [-0.15, -0.1) is 11.3 Å². The van der Waals surface area contributed by atoms with Crippen LogP contribution in [0.25, 0.3) is 11.3 Å². The minimum absolute atomic E-state index is 0.0495. The van der Waals surface area contributed by atoms with Crippen molar-refractivity contribution in [1.29, 1.82) is 0 Å². The quantitative estimate of drug-likeness (QED) is 0.187. The summed E-state index contributed by atoms with van der Waals surface area (Å²) in [6, 6.07) is 9.72. The molecule has 3 aromatic rings. The molecule has 1 heterocycles. The summed E-state index contributed by atoms with van der Waals surface area (Å²) in [4.78, 5) is 38.3. The molecule has 3 rings (SSSR count). The molecular formula is C21H18ClN3O7S2. The van der Waals surface area contributed by atoms with Crippen LogP contribution in [0.5, 0.6) is 5.75 Å². The molecule has 0 radical (unpaired) electrons. The highest BCUT2D eigenvalue weighted by Gasteiger charge is 2.26. The number of nitrogens with zero attached hydrogens (tertiary/aromatic N) is 2. The fourth-order valence-electron chi connectivity index (χ4n) is 2.79. The molecule has 1 aromatic heterocycles. The third-order valence-electron chi connectivity index (χ3n) is 4.38. The number of rotatable bonds is 9. The maximum Gasteiger partial charge on any atom is 0.312 e. The number of ether oxygens (including phenoxy) is 1. The first kappa shape index (κ1) is 25.3. The number of sulfone groups is 1. The van der Waals surface area contributed by atoms with Gasteiger partial charge in [-0.1, -0.05) is 30.7 Å². The van der Waals surface area contributed by atoms with Gasteiger partial charge in [-0.2, -0.15) is 0 Å². The molecule has 0 aliphatic carbocycles. The van der Waals surface area contributed by atoms with Gasteiger partial charge < -0.3 is 10.1 Å². The molecule has 13 heteroatoms. The second-order valence-corrected chi connectivity index (χ2v) is 10.2. The topological polar surface area (TPSA) is 146 Å². The standard InChI is InChI=1S/C21H18ClN3O7S2/c1-2-3-20(27)32-18-9-8-15(10-17(18)25(28)29)34(30,31)12-19(26)24-21-23-16(11-33-21)13-4-6-14(22)7-5-13/h4-11H,2-3,12H2,1H3,(H,23,24,26). The van der Waals surface area contributed by atoms with E-state index in [0.717, 1.165) is 35.1 Å². The number of carbonyl (C=O) groups excluding carboxylic acids is 2. The molecule has 0 saturated heterocycles. The van der Waals surface area contributed by atoms with Crippen LogP contribution in [0.15, 0.2) is 52.7 Å². The van der Waals surface area contributed by atoms with Gasteiger partial charge in [-0.3, -0.25) is 19.7 Å². The van der Waals surface area contributed by atoms with Crippen molar-refractivity contribution in [1.82, 2.24) is 4.98 Å². The van der Waals surface area contributed by atoms with Crippen LogP contribution in [0.4, 0.5) is 10.8 Å². The van der Waals surface area contributed by atoms with Gasteiger partial charge in [0.05, 0.1) is 15.5 Å². The minimum Gasteiger partial charge on any atom is -0.419 e. The monoisotopic (exact) mass is 523 g/mol. The average molecular weight is 524 g/mol. The fourth-order valence-corrected chi connectivity index (χ4v) is 4.81. The fraction of sp³-hybridized carbons (Fsp3) is 0.190. The summed E-state index contributed by atoms with van der Waals surface area (Å²) >= 11 is 6.97. The molecule has 1 N–H and O–H groups in total. The number of nitro groups is 1. The van der Waals surface area contributed by atoms with E-state index in [1.165, 1.54) is 0 Å². The van der Waals surface area contributed by atoms with Crippen molar-refractivity contribution >= 4 is 55.5 Å².